The van der Waals surface area contributed by atoms with Crippen LogP contribution in [0.25, 0.3) is 0 Å². The molecule has 116 valence electrons. The van der Waals surface area contributed by atoms with Crippen LogP contribution in [-0.2, 0) is 11.3 Å². The molecule has 1 aliphatic carbocycles. The summed E-state index contributed by atoms with van der Waals surface area (Å²) in [5.41, 5.74) is 6.96. The van der Waals surface area contributed by atoms with Crippen molar-refractivity contribution in [3.63, 3.8) is 0 Å². The number of carbonyl (C=O) groups is 1. The zero-order valence-corrected chi connectivity index (χ0v) is 13.4. The number of para-hydroxylation sites is 1. The number of carbonyl (C=O) groups excluding carboxylic acids is 1. The first-order valence-electron chi connectivity index (χ1n) is 7.52. The lowest BCUT2D eigenvalue weighted by Gasteiger charge is -2.32. The van der Waals surface area contributed by atoms with E-state index in [1.54, 1.807) is 7.11 Å². The van der Waals surface area contributed by atoms with Crippen LogP contribution in [0.5, 0.6) is 5.75 Å². The van der Waals surface area contributed by atoms with Gasteiger partial charge in [-0.15, -0.1) is 0 Å². The fourth-order valence-corrected chi connectivity index (χ4v) is 2.34. The van der Waals surface area contributed by atoms with Gasteiger partial charge in [0.05, 0.1) is 13.2 Å². The zero-order chi connectivity index (χ0) is 15.6. The van der Waals surface area contributed by atoms with E-state index >= 15 is 0 Å². The van der Waals surface area contributed by atoms with Crippen LogP contribution in [-0.4, -0.2) is 30.0 Å². The summed E-state index contributed by atoms with van der Waals surface area (Å²) in [6.07, 6.45) is 2.13. The second-order valence-corrected chi connectivity index (χ2v) is 6.85. The molecule has 1 unspecified atom stereocenters. The number of hydrogen-bond donors (Lipinski definition) is 1. The first-order chi connectivity index (χ1) is 9.84. The number of amides is 1. The molecule has 21 heavy (non-hydrogen) atoms. The van der Waals surface area contributed by atoms with Gasteiger partial charge >= 0.3 is 0 Å². The van der Waals surface area contributed by atoms with Crippen molar-refractivity contribution in [1.29, 1.82) is 0 Å². The summed E-state index contributed by atoms with van der Waals surface area (Å²) in [4.78, 5) is 14.7. The molecule has 1 saturated carbocycles. The predicted molar refractivity (Wildman–Crippen MR) is 84.0 cm³/mol. The summed E-state index contributed by atoms with van der Waals surface area (Å²) >= 11 is 0. The third kappa shape index (κ3) is 3.76. The third-order valence-electron chi connectivity index (χ3n) is 4.00. The van der Waals surface area contributed by atoms with Crippen molar-refractivity contribution in [2.45, 2.75) is 52.2 Å². The smallest absolute Gasteiger partial charge is 0.240 e. The maximum Gasteiger partial charge on any atom is 0.240 e. The minimum atomic E-state index is -0.479. The highest BCUT2D eigenvalue weighted by atomic mass is 16.5. The van der Waals surface area contributed by atoms with Crippen molar-refractivity contribution in [3.05, 3.63) is 29.8 Å². The van der Waals surface area contributed by atoms with Gasteiger partial charge < -0.3 is 15.4 Å². The minimum absolute atomic E-state index is 0.0379. The molecule has 1 amide bonds. The summed E-state index contributed by atoms with van der Waals surface area (Å²) in [5.74, 6) is 0.858. The van der Waals surface area contributed by atoms with Crippen molar-refractivity contribution in [2.24, 2.45) is 11.1 Å². The van der Waals surface area contributed by atoms with Crippen molar-refractivity contribution in [1.82, 2.24) is 4.90 Å². The summed E-state index contributed by atoms with van der Waals surface area (Å²) in [5, 5.41) is 0. The van der Waals surface area contributed by atoms with Crippen LogP contribution in [0.15, 0.2) is 24.3 Å². The van der Waals surface area contributed by atoms with Gasteiger partial charge in [-0.1, -0.05) is 39.0 Å². The van der Waals surface area contributed by atoms with Gasteiger partial charge in [-0.05, 0) is 24.3 Å². The Morgan fingerprint density at radius 1 is 1.38 bits per heavy atom. The summed E-state index contributed by atoms with van der Waals surface area (Å²) in [7, 11) is 1.66. The molecule has 1 aromatic rings. The van der Waals surface area contributed by atoms with E-state index in [0.717, 1.165) is 24.2 Å². The van der Waals surface area contributed by atoms with Crippen LogP contribution in [0, 0.1) is 5.41 Å². The molecule has 0 saturated heterocycles. The molecule has 1 atom stereocenters. The van der Waals surface area contributed by atoms with E-state index in [1.165, 1.54) is 0 Å². The van der Waals surface area contributed by atoms with Gasteiger partial charge in [-0.3, -0.25) is 4.79 Å². The van der Waals surface area contributed by atoms with E-state index in [4.69, 9.17) is 10.5 Å². The monoisotopic (exact) mass is 290 g/mol. The highest BCUT2D eigenvalue weighted by molar-refractivity contribution is 5.83. The Labute approximate surface area is 127 Å². The predicted octanol–water partition coefficient (Wildman–Crippen LogP) is 2.56. The van der Waals surface area contributed by atoms with Crippen LogP contribution >= 0.6 is 0 Å². The number of methoxy groups -OCH3 is 1. The molecule has 4 heteroatoms. The standard InChI is InChI=1S/C17H26N2O2/c1-17(2,3)15(18)16(20)19(13-9-10-13)11-12-7-5-6-8-14(12)21-4/h5-8,13,15H,9-11,18H2,1-4H3. The number of nitrogens with two attached hydrogens (primary N) is 1. The molecule has 2 rings (SSSR count). The minimum Gasteiger partial charge on any atom is -0.496 e. The Kier molecular flexibility index (Phi) is 4.57. The summed E-state index contributed by atoms with van der Waals surface area (Å²) in [6.45, 7) is 6.58. The maximum absolute atomic E-state index is 12.7. The highest BCUT2D eigenvalue weighted by Gasteiger charge is 2.38. The van der Waals surface area contributed by atoms with Crippen molar-refractivity contribution < 1.29 is 9.53 Å². The van der Waals surface area contributed by atoms with Crippen molar-refractivity contribution in [2.75, 3.05) is 7.11 Å². The Bertz CT molecular complexity index is 504. The molecule has 1 fully saturated rings. The number of nitrogens with zero attached hydrogens (tertiary/aromatic N) is 1. The first kappa shape index (κ1) is 15.8. The number of benzene rings is 1. The van der Waals surface area contributed by atoms with Crippen LogP contribution in [0.4, 0.5) is 0 Å². The molecule has 0 aliphatic heterocycles. The lowest BCUT2D eigenvalue weighted by molar-refractivity contribution is -0.136. The molecule has 2 N–H and O–H groups in total. The highest BCUT2D eigenvalue weighted by Crippen LogP contribution is 2.32. The van der Waals surface area contributed by atoms with Crippen LogP contribution in [0.3, 0.4) is 0 Å². The second kappa shape index (κ2) is 6.06. The van der Waals surface area contributed by atoms with Gasteiger partial charge in [0.15, 0.2) is 0 Å². The van der Waals surface area contributed by atoms with E-state index in [2.05, 4.69) is 0 Å². The average Bonchev–Trinajstić information content (AvgIpc) is 3.27. The zero-order valence-electron chi connectivity index (χ0n) is 13.4. The van der Waals surface area contributed by atoms with Gasteiger partial charge in [0.1, 0.15) is 5.75 Å². The molecular weight excluding hydrogens is 264 g/mol. The van der Waals surface area contributed by atoms with Gasteiger partial charge in [0.25, 0.3) is 0 Å². The molecule has 0 heterocycles. The van der Waals surface area contributed by atoms with Crippen molar-refractivity contribution >= 4 is 5.91 Å². The molecule has 0 spiro atoms. The molecular formula is C17H26N2O2. The normalized spacial score (nSPS) is 16.4. The van der Waals surface area contributed by atoms with Gasteiger partial charge in [-0.25, -0.2) is 0 Å². The Morgan fingerprint density at radius 3 is 2.52 bits per heavy atom. The lowest BCUT2D eigenvalue weighted by Crippen LogP contribution is -2.50. The Hall–Kier alpha value is -1.55. The average molecular weight is 290 g/mol. The van der Waals surface area contributed by atoms with E-state index in [1.807, 2.05) is 49.9 Å². The number of ether oxygens (including phenoxy) is 1. The molecule has 0 aromatic heterocycles. The molecule has 1 aromatic carbocycles. The fraction of sp³-hybridized carbons (Fsp3) is 0.588. The SMILES string of the molecule is COc1ccccc1CN(C(=O)C(N)C(C)(C)C)C1CC1. The lowest BCUT2D eigenvalue weighted by atomic mass is 9.86. The third-order valence-corrected chi connectivity index (χ3v) is 4.00. The van der Waals surface area contributed by atoms with E-state index in [-0.39, 0.29) is 11.3 Å². The van der Waals surface area contributed by atoms with Crippen LogP contribution < -0.4 is 10.5 Å². The fourth-order valence-electron chi connectivity index (χ4n) is 2.34. The van der Waals surface area contributed by atoms with E-state index in [0.29, 0.717) is 12.6 Å². The summed E-state index contributed by atoms with van der Waals surface area (Å²) < 4.78 is 5.38. The number of hydrogen-bond acceptors (Lipinski definition) is 3. The molecule has 1 aliphatic rings. The first-order valence-corrected chi connectivity index (χ1v) is 7.52. The molecule has 0 radical (unpaired) electrons. The van der Waals surface area contributed by atoms with Crippen LogP contribution in [0.2, 0.25) is 0 Å². The topological polar surface area (TPSA) is 55.6 Å². The second-order valence-electron chi connectivity index (χ2n) is 6.85. The van der Waals surface area contributed by atoms with Crippen molar-refractivity contribution in [3.8, 4) is 5.75 Å². The van der Waals surface area contributed by atoms with E-state index < -0.39 is 6.04 Å². The molecule has 0 bridgehead atoms. The molecule has 4 nitrogen and oxygen atoms in total. The Balaban J connectivity index is 2.18. The maximum atomic E-state index is 12.7. The van der Waals surface area contributed by atoms with Gasteiger partial charge in [0.2, 0.25) is 5.91 Å². The van der Waals surface area contributed by atoms with Gasteiger partial charge in [0, 0.05) is 18.2 Å². The van der Waals surface area contributed by atoms with E-state index in [9.17, 15) is 4.79 Å². The van der Waals surface area contributed by atoms with Crippen LogP contribution in [0.1, 0.15) is 39.2 Å². The largest absolute Gasteiger partial charge is 0.496 e. The Morgan fingerprint density at radius 2 is 2.00 bits per heavy atom. The van der Waals surface area contributed by atoms with Gasteiger partial charge in [-0.2, -0.15) is 0 Å². The number of rotatable bonds is 5. The quantitative estimate of drug-likeness (QED) is 0.906. The summed E-state index contributed by atoms with van der Waals surface area (Å²) in [6, 6.07) is 7.69.